The van der Waals surface area contributed by atoms with Gasteiger partial charge in [0.2, 0.25) is 5.91 Å². The van der Waals surface area contributed by atoms with Gasteiger partial charge in [0.15, 0.2) is 0 Å². The molecule has 2 aromatic rings. The van der Waals surface area contributed by atoms with Crippen LogP contribution in [0.4, 0.5) is 14.5 Å². The van der Waals surface area contributed by atoms with Gasteiger partial charge in [0, 0.05) is 12.6 Å². The van der Waals surface area contributed by atoms with Crippen LogP contribution in [0.25, 0.3) is 0 Å². The Bertz CT molecular complexity index is 804. The third kappa shape index (κ3) is 3.23. The third-order valence-corrected chi connectivity index (χ3v) is 5.50. The standard InChI is InChI=1S/C21H22F2N2O/c22-17-7-2-1-6-16(17)14-12-15(13-14)24-19-9-5-11-25(21(19)26)20-10-4-3-8-18(20)23/h1-4,6-8,10,14-15,19,24H,5,9,11-13H2/t14?,15?,19-/m1/s1. The van der Waals surface area contributed by atoms with E-state index in [2.05, 4.69) is 5.32 Å². The van der Waals surface area contributed by atoms with Crippen LogP contribution < -0.4 is 10.2 Å². The molecule has 1 amide bonds. The smallest absolute Gasteiger partial charge is 0.244 e. The monoisotopic (exact) mass is 356 g/mol. The van der Waals surface area contributed by atoms with E-state index < -0.39 is 0 Å². The van der Waals surface area contributed by atoms with Crippen molar-refractivity contribution in [2.24, 2.45) is 0 Å². The van der Waals surface area contributed by atoms with Crippen molar-refractivity contribution in [2.75, 3.05) is 11.4 Å². The van der Waals surface area contributed by atoms with Crippen molar-refractivity contribution in [3.8, 4) is 0 Å². The average molecular weight is 356 g/mol. The van der Waals surface area contributed by atoms with Gasteiger partial charge in [-0.2, -0.15) is 0 Å². The Balaban J connectivity index is 1.38. The van der Waals surface area contributed by atoms with Gasteiger partial charge in [-0.25, -0.2) is 8.78 Å². The minimum Gasteiger partial charge on any atom is -0.308 e. The van der Waals surface area contributed by atoms with Crippen LogP contribution in [0.3, 0.4) is 0 Å². The molecule has 0 spiro atoms. The molecule has 0 bridgehead atoms. The van der Waals surface area contributed by atoms with E-state index >= 15 is 0 Å². The number of hydrogen-bond acceptors (Lipinski definition) is 2. The Kier molecular flexibility index (Phi) is 4.72. The van der Waals surface area contributed by atoms with Crippen LogP contribution in [0.1, 0.15) is 37.2 Å². The predicted molar refractivity (Wildman–Crippen MR) is 97.1 cm³/mol. The number of piperidine rings is 1. The van der Waals surface area contributed by atoms with Crippen molar-refractivity contribution >= 4 is 11.6 Å². The molecule has 1 heterocycles. The number of anilines is 1. The first-order chi connectivity index (χ1) is 12.6. The number of carbonyl (C=O) groups is 1. The number of hydrogen-bond donors (Lipinski definition) is 1. The Morgan fingerprint density at radius 1 is 0.962 bits per heavy atom. The zero-order chi connectivity index (χ0) is 18.1. The lowest BCUT2D eigenvalue weighted by atomic mass is 9.75. The van der Waals surface area contributed by atoms with Crippen LogP contribution in [0.15, 0.2) is 48.5 Å². The maximum absolute atomic E-state index is 14.0. The maximum Gasteiger partial charge on any atom is 0.244 e. The van der Waals surface area contributed by atoms with E-state index in [0.717, 1.165) is 31.2 Å². The van der Waals surface area contributed by atoms with Crippen molar-refractivity contribution in [1.29, 1.82) is 0 Å². The van der Waals surface area contributed by atoms with Crippen LogP contribution in [-0.4, -0.2) is 24.5 Å². The zero-order valence-electron chi connectivity index (χ0n) is 14.5. The summed E-state index contributed by atoms with van der Waals surface area (Å²) >= 11 is 0. The first-order valence-corrected chi connectivity index (χ1v) is 9.20. The molecule has 1 saturated carbocycles. The second-order valence-corrected chi connectivity index (χ2v) is 7.19. The molecule has 0 aromatic heterocycles. The lowest BCUT2D eigenvalue weighted by molar-refractivity contribution is -0.122. The molecule has 2 aliphatic rings. The lowest BCUT2D eigenvalue weighted by Crippen LogP contribution is -2.56. The molecule has 1 atom stereocenters. The number of carbonyl (C=O) groups excluding carboxylic acids is 1. The normalized spacial score (nSPS) is 25.8. The van der Waals surface area contributed by atoms with Gasteiger partial charge in [0.25, 0.3) is 0 Å². The molecule has 1 N–H and O–H groups in total. The van der Waals surface area contributed by atoms with Gasteiger partial charge in [-0.05, 0) is 55.4 Å². The van der Waals surface area contributed by atoms with Crippen LogP contribution in [0, 0.1) is 11.6 Å². The second kappa shape index (κ2) is 7.16. The van der Waals surface area contributed by atoms with Gasteiger partial charge in [0.05, 0.1) is 11.7 Å². The molecule has 2 fully saturated rings. The summed E-state index contributed by atoms with van der Waals surface area (Å²) in [7, 11) is 0. The molecule has 4 rings (SSSR count). The van der Waals surface area contributed by atoms with E-state index in [9.17, 15) is 13.6 Å². The number of rotatable bonds is 4. The highest BCUT2D eigenvalue weighted by Gasteiger charge is 2.37. The number of benzene rings is 2. The minimum atomic E-state index is -0.371. The Morgan fingerprint density at radius 3 is 2.38 bits per heavy atom. The largest absolute Gasteiger partial charge is 0.308 e. The van der Waals surface area contributed by atoms with Crippen molar-refractivity contribution < 1.29 is 13.6 Å². The van der Waals surface area contributed by atoms with Crippen molar-refractivity contribution in [2.45, 2.75) is 43.7 Å². The van der Waals surface area contributed by atoms with Gasteiger partial charge in [-0.3, -0.25) is 4.79 Å². The summed E-state index contributed by atoms with van der Waals surface area (Å²) in [5.41, 5.74) is 1.11. The van der Waals surface area contributed by atoms with Gasteiger partial charge in [-0.1, -0.05) is 30.3 Å². The Hall–Kier alpha value is -2.27. The first kappa shape index (κ1) is 17.2. The van der Waals surface area contributed by atoms with Crippen LogP contribution in [-0.2, 0) is 4.79 Å². The predicted octanol–water partition coefficient (Wildman–Crippen LogP) is 4.00. The fourth-order valence-corrected chi connectivity index (χ4v) is 4.04. The summed E-state index contributed by atoms with van der Waals surface area (Å²) in [5.74, 6) is -0.397. The molecule has 26 heavy (non-hydrogen) atoms. The molecule has 0 radical (unpaired) electrons. The van der Waals surface area contributed by atoms with Gasteiger partial charge in [0.1, 0.15) is 11.6 Å². The SMILES string of the molecule is O=C1[C@H](NC2CC(c3ccccc3F)C2)CCCN1c1ccccc1F. The highest BCUT2D eigenvalue weighted by molar-refractivity contribution is 5.98. The van der Waals surface area contributed by atoms with Crippen molar-refractivity contribution in [3.05, 3.63) is 65.7 Å². The summed E-state index contributed by atoms with van der Waals surface area (Å²) in [4.78, 5) is 14.3. The van der Waals surface area contributed by atoms with Gasteiger partial charge in [-0.15, -0.1) is 0 Å². The molecule has 5 heteroatoms. The highest BCUT2D eigenvalue weighted by Crippen LogP contribution is 2.38. The lowest BCUT2D eigenvalue weighted by Gasteiger charge is -2.41. The van der Waals surface area contributed by atoms with Gasteiger partial charge < -0.3 is 10.2 Å². The zero-order valence-corrected chi connectivity index (χ0v) is 14.5. The van der Waals surface area contributed by atoms with Crippen molar-refractivity contribution in [3.63, 3.8) is 0 Å². The molecule has 0 unspecified atom stereocenters. The number of para-hydroxylation sites is 1. The second-order valence-electron chi connectivity index (χ2n) is 7.19. The van der Waals surface area contributed by atoms with E-state index in [1.165, 1.54) is 12.1 Å². The molecule has 1 saturated heterocycles. The minimum absolute atomic E-state index is 0.0734. The van der Waals surface area contributed by atoms with E-state index in [-0.39, 0.29) is 35.5 Å². The number of nitrogens with zero attached hydrogens (tertiary/aromatic N) is 1. The molecular weight excluding hydrogens is 334 g/mol. The number of nitrogens with one attached hydrogen (secondary N) is 1. The summed E-state index contributed by atoms with van der Waals surface area (Å²) in [6.07, 6.45) is 3.24. The molecule has 1 aliphatic carbocycles. The first-order valence-electron chi connectivity index (χ1n) is 9.20. The summed E-state index contributed by atoms with van der Waals surface area (Å²) in [5, 5.41) is 3.41. The molecule has 1 aliphatic heterocycles. The third-order valence-electron chi connectivity index (χ3n) is 5.50. The van der Waals surface area contributed by atoms with Crippen LogP contribution in [0.2, 0.25) is 0 Å². The summed E-state index contributed by atoms with van der Waals surface area (Å²) < 4.78 is 27.9. The van der Waals surface area contributed by atoms with E-state index in [0.29, 0.717) is 12.2 Å². The molecular formula is C21H22F2N2O. The number of halogens is 2. The summed E-state index contributed by atoms with van der Waals surface area (Å²) in [6, 6.07) is 13.2. The Morgan fingerprint density at radius 2 is 1.65 bits per heavy atom. The van der Waals surface area contributed by atoms with Crippen LogP contribution >= 0.6 is 0 Å². The maximum atomic E-state index is 14.0. The quantitative estimate of drug-likeness (QED) is 0.898. The topological polar surface area (TPSA) is 32.3 Å². The van der Waals surface area contributed by atoms with E-state index in [4.69, 9.17) is 0 Å². The van der Waals surface area contributed by atoms with E-state index in [1.54, 1.807) is 29.2 Å². The van der Waals surface area contributed by atoms with Crippen molar-refractivity contribution in [1.82, 2.24) is 5.32 Å². The van der Waals surface area contributed by atoms with Gasteiger partial charge >= 0.3 is 0 Å². The summed E-state index contributed by atoms with van der Waals surface area (Å²) in [6.45, 7) is 0.542. The van der Waals surface area contributed by atoms with Crippen LogP contribution in [0.5, 0.6) is 0 Å². The number of amides is 1. The molecule has 3 nitrogen and oxygen atoms in total. The molecule has 2 aromatic carbocycles. The fraction of sp³-hybridized carbons (Fsp3) is 0.381. The Labute approximate surface area is 152 Å². The average Bonchev–Trinajstić information content (AvgIpc) is 2.61. The fourth-order valence-electron chi connectivity index (χ4n) is 4.04. The molecule has 136 valence electrons. The highest BCUT2D eigenvalue weighted by atomic mass is 19.1. The van der Waals surface area contributed by atoms with E-state index in [1.807, 2.05) is 12.1 Å².